The zero-order chi connectivity index (χ0) is 5.91. The van der Waals surface area contributed by atoms with Crippen molar-refractivity contribution in [1.82, 2.24) is 5.09 Å². The van der Waals surface area contributed by atoms with Gasteiger partial charge in [-0.05, 0) is 7.05 Å². The smallest absolute Gasteiger partial charge is 0.266 e. The lowest BCUT2D eigenvalue weighted by Crippen LogP contribution is -2.02. The first kappa shape index (κ1) is 7.15. The second-order valence-electron chi connectivity index (χ2n) is 1.24. The summed E-state index contributed by atoms with van der Waals surface area (Å²) in [5.74, 6) is 0. The minimum Gasteiger partial charge on any atom is -0.333 e. The molecular weight excluding hydrogens is 113 g/mol. The molecule has 0 aliphatic rings. The minimum atomic E-state index is -2.90. The predicted octanol–water partition coefficient (Wildman–Crippen LogP) is 0.411. The van der Waals surface area contributed by atoms with Crippen LogP contribution in [-0.2, 0) is 4.57 Å². The van der Waals surface area contributed by atoms with Gasteiger partial charge in [0.2, 0.25) is 0 Å². The van der Waals surface area contributed by atoms with Gasteiger partial charge < -0.3 is 4.89 Å². The number of nitrogens with one attached hydrogen (secondary N) is 1. The topological polar surface area (TPSA) is 49.3 Å². The van der Waals surface area contributed by atoms with Gasteiger partial charge in [-0.15, -0.1) is 0 Å². The molecule has 0 heterocycles. The highest BCUT2D eigenvalue weighted by molar-refractivity contribution is 7.55. The van der Waals surface area contributed by atoms with E-state index in [1.54, 1.807) is 6.92 Å². The third-order valence-electron chi connectivity index (χ3n) is 0.778. The fourth-order valence-electron chi connectivity index (χ4n) is 0.158. The van der Waals surface area contributed by atoms with E-state index >= 15 is 0 Å². The normalized spacial score (nSPS) is 18.7. The van der Waals surface area contributed by atoms with Crippen molar-refractivity contribution < 1.29 is 9.46 Å². The fourth-order valence-corrected chi connectivity index (χ4v) is 0.474. The van der Waals surface area contributed by atoms with Crippen LogP contribution in [0, 0.1) is 0 Å². The van der Waals surface area contributed by atoms with Crippen LogP contribution in [0.2, 0.25) is 0 Å². The molecule has 0 aliphatic heterocycles. The zero-order valence-electron chi connectivity index (χ0n) is 4.51. The highest BCUT2D eigenvalue weighted by Gasteiger charge is 2.08. The van der Waals surface area contributed by atoms with Crippen molar-refractivity contribution in [1.29, 1.82) is 0 Å². The van der Waals surface area contributed by atoms with Crippen LogP contribution in [0.25, 0.3) is 0 Å². The third kappa shape index (κ3) is 2.80. The van der Waals surface area contributed by atoms with Crippen molar-refractivity contribution in [2.24, 2.45) is 0 Å². The van der Waals surface area contributed by atoms with E-state index in [1.807, 2.05) is 0 Å². The van der Waals surface area contributed by atoms with Crippen LogP contribution in [0.3, 0.4) is 0 Å². The van der Waals surface area contributed by atoms with Crippen LogP contribution in [-0.4, -0.2) is 18.1 Å². The molecular formula is C3H10NO2P. The second-order valence-corrected chi connectivity index (χ2v) is 3.72. The van der Waals surface area contributed by atoms with Gasteiger partial charge in [-0.25, -0.2) is 5.09 Å². The Labute approximate surface area is 43.2 Å². The van der Waals surface area contributed by atoms with E-state index < -0.39 is 7.52 Å². The molecule has 3 nitrogen and oxygen atoms in total. The second kappa shape index (κ2) is 2.46. The first-order valence-electron chi connectivity index (χ1n) is 2.13. The SMILES string of the molecule is CCP(=O)(O)NC. The van der Waals surface area contributed by atoms with Crippen LogP contribution in [0.4, 0.5) is 0 Å². The Morgan fingerprint density at radius 2 is 2.29 bits per heavy atom. The van der Waals surface area contributed by atoms with Crippen molar-refractivity contribution in [3.05, 3.63) is 0 Å². The summed E-state index contributed by atoms with van der Waals surface area (Å²) in [6.07, 6.45) is 0.295. The molecule has 0 aromatic carbocycles. The molecule has 1 unspecified atom stereocenters. The van der Waals surface area contributed by atoms with E-state index in [-0.39, 0.29) is 0 Å². The zero-order valence-corrected chi connectivity index (χ0v) is 5.40. The molecule has 0 saturated heterocycles. The Bertz CT molecular complexity index is 84.9. The standard InChI is InChI=1S/C3H10NO2P/c1-3-7(5,6)4-2/h3H2,1-2H3,(H2,4,5,6). The fraction of sp³-hybridized carbons (Fsp3) is 1.00. The van der Waals surface area contributed by atoms with Gasteiger partial charge in [-0.1, -0.05) is 6.92 Å². The van der Waals surface area contributed by atoms with Gasteiger partial charge in [0.15, 0.2) is 0 Å². The molecule has 0 saturated carbocycles. The van der Waals surface area contributed by atoms with Crippen molar-refractivity contribution in [2.75, 3.05) is 13.2 Å². The molecule has 2 N–H and O–H groups in total. The Morgan fingerprint density at radius 3 is 2.29 bits per heavy atom. The van der Waals surface area contributed by atoms with Gasteiger partial charge in [0.05, 0.1) is 0 Å². The maximum atomic E-state index is 10.4. The molecule has 0 amide bonds. The van der Waals surface area contributed by atoms with Crippen molar-refractivity contribution in [3.63, 3.8) is 0 Å². The molecule has 0 rings (SSSR count). The molecule has 0 spiro atoms. The Hall–Kier alpha value is 0.150. The van der Waals surface area contributed by atoms with E-state index in [2.05, 4.69) is 5.09 Å². The van der Waals surface area contributed by atoms with Gasteiger partial charge in [-0.2, -0.15) is 0 Å². The van der Waals surface area contributed by atoms with Gasteiger partial charge in [0.25, 0.3) is 7.52 Å². The molecule has 0 aromatic heterocycles. The average Bonchev–Trinajstić information content (AvgIpc) is 1.68. The Morgan fingerprint density at radius 1 is 1.86 bits per heavy atom. The number of rotatable bonds is 2. The van der Waals surface area contributed by atoms with Crippen molar-refractivity contribution >= 4 is 7.52 Å². The van der Waals surface area contributed by atoms with E-state index in [9.17, 15) is 4.57 Å². The first-order valence-corrected chi connectivity index (χ1v) is 3.97. The maximum Gasteiger partial charge on any atom is 0.266 e. The third-order valence-corrected chi connectivity index (χ3v) is 2.33. The molecule has 4 heteroatoms. The molecule has 1 atom stereocenters. The van der Waals surface area contributed by atoms with Crippen LogP contribution >= 0.6 is 7.52 Å². The van der Waals surface area contributed by atoms with Crippen LogP contribution in [0.1, 0.15) is 6.92 Å². The molecule has 7 heavy (non-hydrogen) atoms. The summed E-state index contributed by atoms with van der Waals surface area (Å²) in [5, 5.41) is 2.30. The Kier molecular flexibility index (Phi) is 2.51. The molecule has 0 radical (unpaired) electrons. The lowest BCUT2D eigenvalue weighted by molar-refractivity contribution is 0.470. The van der Waals surface area contributed by atoms with Crippen LogP contribution < -0.4 is 5.09 Å². The van der Waals surface area contributed by atoms with Gasteiger partial charge in [-0.3, -0.25) is 4.57 Å². The summed E-state index contributed by atoms with van der Waals surface area (Å²) in [5.41, 5.74) is 0. The van der Waals surface area contributed by atoms with Crippen molar-refractivity contribution in [3.8, 4) is 0 Å². The largest absolute Gasteiger partial charge is 0.333 e. The first-order chi connectivity index (χ1) is 3.12. The maximum absolute atomic E-state index is 10.4. The quantitative estimate of drug-likeness (QED) is 0.523. The minimum absolute atomic E-state index is 0.295. The lowest BCUT2D eigenvalue weighted by Gasteiger charge is -2.03. The Balaban J connectivity index is 3.61. The number of hydrogen-bond donors (Lipinski definition) is 2. The van der Waals surface area contributed by atoms with E-state index in [0.717, 1.165) is 0 Å². The summed E-state index contributed by atoms with van der Waals surface area (Å²) in [6, 6.07) is 0. The van der Waals surface area contributed by atoms with Crippen LogP contribution in [0.15, 0.2) is 0 Å². The van der Waals surface area contributed by atoms with E-state index in [4.69, 9.17) is 4.89 Å². The highest BCUT2D eigenvalue weighted by Crippen LogP contribution is 2.32. The molecule has 44 valence electrons. The summed E-state index contributed by atoms with van der Waals surface area (Å²) >= 11 is 0. The van der Waals surface area contributed by atoms with Crippen LogP contribution in [0.5, 0.6) is 0 Å². The highest BCUT2D eigenvalue weighted by atomic mass is 31.2. The van der Waals surface area contributed by atoms with Gasteiger partial charge in [0, 0.05) is 6.16 Å². The molecule has 0 fully saturated rings. The monoisotopic (exact) mass is 123 g/mol. The summed E-state index contributed by atoms with van der Waals surface area (Å²) in [7, 11) is -1.43. The number of hydrogen-bond acceptors (Lipinski definition) is 1. The van der Waals surface area contributed by atoms with E-state index in [0.29, 0.717) is 6.16 Å². The predicted molar refractivity (Wildman–Crippen MR) is 29.4 cm³/mol. The average molecular weight is 123 g/mol. The summed E-state index contributed by atoms with van der Waals surface area (Å²) in [6.45, 7) is 1.66. The molecule has 0 bridgehead atoms. The van der Waals surface area contributed by atoms with Crippen molar-refractivity contribution in [2.45, 2.75) is 6.92 Å². The lowest BCUT2D eigenvalue weighted by atomic mass is 11.0. The van der Waals surface area contributed by atoms with E-state index in [1.165, 1.54) is 7.05 Å². The van der Waals surface area contributed by atoms with Gasteiger partial charge in [0.1, 0.15) is 0 Å². The summed E-state index contributed by atoms with van der Waals surface area (Å²) in [4.78, 5) is 8.58. The van der Waals surface area contributed by atoms with Gasteiger partial charge >= 0.3 is 0 Å². The molecule has 0 aromatic rings. The molecule has 0 aliphatic carbocycles. The summed E-state index contributed by atoms with van der Waals surface area (Å²) < 4.78 is 10.4.